The van der Waals surface area contributed by atoms with Crippen molar-refractivity contribution in [2.24, 2.45) is 0 Å². The van der Waals surface area contributed by atoms with Crippen molar-refractivity contribution in [2.45, 2.75) is 37.0 Å². The van der Waals surface area contributed by atoms with Gasteiger partial charge in [0.2, 0.25) is 0 Å². The third-order valence-corrected chi connectivity index (χ3v) is 7.36. The standard InChI is InChI=1S/C18H21F2N3O3S/c19-13-3-4-16(20)15(12-13)17-2-1-9-22(17)18-5-8-21-23(18)27(24,25)14-6-10-26-11-7-14/h3-5,8,12,14,17H,1-2,6-7,9-11H2. The maximum absolute atomic E-state index is 14.3. The first-order valence-electron chi connectivity index (χ1n) is 9.06. The Hall–Kier alpha value is -2.00. The van der Waals surface area contributed by atoms with Gasteiger partial charge in [-0.15, -0.1) is 4.09 Å². The summed E-state index contributed by atoms with van der Waals surface area (Å²) >= 11 is 0. The average molecular weight is 397 g/mol. The number of ether oxygens (including phenoxy) is 1. The lowest BCUT2D eigenvalue weighted by molar-refractivity contribution is 0.0981. The average Bonchev–Trinajstić information content (AvgIpc) is 3.33. The van der Waals surface area contributed by atoms with Gasteiger partial charge < -0.3 is 9.64 Å². The second kappa shape index (κ2) is 7.20. The van der Waals surface area contributed by atoms with Gasteiger partial charge in [-0.1, -0.05) is 0 Å². The molecule has 6 nitrogen and oxygen atoms in total. The number of halogens is 2. The lowest BCUT2D eigenvalue weighted by Crippen LogP contribution is -2.36. The minimum atomic E-state index is -3.69. The Morgan fingerprint density at radius 2 is 1.89 bits per heavy atom. The predicted molar refractivity (Wildman–Crippen MR) is 96.1 cm³/mol. The number of aromatic nitrogens is 2. The fourth-order valence-electron chi connectivity index (χ4n) is 3.93. The zero-order chi connectivity index (χ0) is 19.0. The Labute approximate surface area is 156 Å². The third kappa shape index (κ3) is 3.34. The van der Waals surface area contributed by atoms with Gasteiger partial charge in [-0.3, -0.25) is 0 Å². The van der Waals surface area contributed by atoms with Crippen LogP contribution < -0.4 is 4.90 Å². The molecule has 0 saturated carbocycles. The molecule has 0 N–H and O–H groups in total. The molecule has 0 spiro atoms. The summed E-state index contributed by atoms with van der Waals surface area (Å²) < 4.78 is 60.4. The van der Waals surface area contributed by atoms with Gasteiger partial charge in [0, 0.05) is 31.4 Å². The molecule has 1 unspecified atom stereocenters. The number of rotatable bonds is 4. The van der Waals surface area contributed by atoms with Gasteiger partial charge in [0.15, 0.2) is 0 Å². The Bertz CT molecular complexity index is 926. The van der Waals surface area contributed by atoms with E-state index >= 15 is 0 Å². The fourth-order valence-corrected chi connectivity index (χ4v) is 5.62. The normalized spacial score (nSPS) is 21.7. The molecule has 4 rings (SSSR count). The van der Waals surface area contributed by atoms with Crippen LogP contribution in [0.25, 0.3) is 0 Å². The van der Waals surface area contributed by atoms with E-state index in [1.54, 1.807) is 6.07 Å². The van der Waals surface area contributed by atoms with E-state index in [2.05, 4.69) is 5.10 Å². The lowest BCUT2D eigenvalue weighted by atomic mass is 10.0. The molecular formula is C18H21F2N3O3S. The van der Waals surface area contributed by atoms with Crippen molar-refractivity contribution < 1.29 is 21.9 Å². The first-order chi connectivity index (χ1) is 13.0. The highest BCUT2D eigenvalue weighted by molar-refractivity contribution is 7.90. The van der Waals surface area contributed by atoms with E-state index in [4.69, 9.17) is 4.74 Å². The summed E-state index contributed by atoms with van der Waals surface area (Å²) in [5.41, 5.74) is 0.240. The zero-order valence-electron chi connectivity index (χ0n) is 14.7. The summed E-state index contributed by atoms with van der Waals surface area (Å²) in [6.07, 6.45) is 3.64. The van der Waals surface area contributed by atoms with Crippen LogP contribution in [0.5, 0.6) is 0 Å². The van der Waals surface area contributed by atoms with E-state index in [0.717, 1.165) is 22.6 Å². The minimum Gasteiger partial charge on any atom is -0.381 e. The van der Waals surface area contributed by atoms with Crippen LogP contribution in [0.3, 0.4) is 0 Å². The van der Waals surface area contributed by atoms with Crippen molar-refractivity contribution in [3.63, 3.8) is 0 Å². The molecule has 1 aromatic heterocycles. The highest BCUT2D eigenvalue weighted by Gasteiger charge is 2.36. The van der Waals surface area contributed by atoms with Crippen molar-refractivity contribution in [3.05, 3.63) is 47.7 Å². The monoisotopic (exact) mass is 397 g/mol. The van der Waals surface area contributed by atoms with Crippen LogP contribution in [0.15, 0.2) is 30.5 Å². The van der Waals surface area contributed by atoms with E-state index in [1.165, 1.54) is 12.3 Å². The number of benzene rings is 1. The second-order valence-corrected chi connectivity index (χ2v) is 8.95. The SMILES string of the molecule is O=S(=O)(C1CCOCC1)n1nccc1N1CCCC1c1cc(F)ccc1F. The smallest absolute Gasteiger partial charge is 0.258 e. The molecule has 1 aromatic carbocycles. The van der Waals surface area contributed by atoms with Gasteiger partial charge in [0.25, 0.3) is 10.0 Å². The van der Waals surface area contributed by atoms with Crippen LogP contribution in [0.1, 0.15) is 37.3 Å². The molecule has 9 heteroatoms. The number of hydrogen-bond donors (Lipinski definition) is 0. The molecule has 2 fully saturated rings. The number of nitrogens with zero attached hydrogens (tertiary/aromatic N) is 3. The Morgan fingerprint density at radius 3 is 2.67 bits per heavy atom. The topological polar surface area (TPSA) is 64.4 Å². The molecule has 1 atom stereocenters. The summed E-state index contributed by atoms with van der Waals surface area (Å²) in [6.45, 7) is 1.36. The zero-order valence-corrected chi connectivity index (χ0v) is 15.5. The van der Waals surface area contributed by atoms with E-state index in [0.29, 0.717) is 44.8 Å². The van der Waals surface area contributed by atoms with Crippen LogP contribution in [-0.2, 0) is 14.8 Å². The Morgan fingerprint density at radius 1 is 1.11 bits per heavy atom. The Balaban J connectivity index is 1.70. The van der Waals surface area contributed by atoms with Gasteiger partial charge >= 0.3 is 0 Å². The highest BCUT2D eigenvalue weighted by Crippen LogP contribution is 2.38. The quantitative estimate of drug-likeness (QED) is 0.794. The first-order valence-corrected chi connectivity index (χ1v) is 10.6. The predicted octanol–water partition coefficient (Wildman–Crippen LogP) is 2.86. The van der Waals surface area contributed by atoms with Gasteiger partial charge in [-0.2, -0.15) is 5.10 Å². The molecule has 27 heavy (non-hydrogen) atoms. The van der Waals surface area contributed by atoms with Crippen LogP contribution in [0.2, 0.25) is 0 Å². The molecule has 2 aliphatic heterocycles. The maximum Gasteiger partial charge on any atom is 0.258 e. The fraction of sp³-hybridized carbons (Fsp3) is 0.500. The summed E-state index contributed by atoms with van der Waals surface area (Å²) in [5, 5.41) is 3.50. The van der Waals surface area contributed by atoms with Crippen LogP contribution in [0.4, 0.5) is 14.6 Å². The molecule has 2 aliphatic rings. The molecule has 0 amide bonds. The molecular weight excluding hydrogens is 376 g/mol. The van der Waals surface area contributed by atoms with Crippen molar-refractivity contribution in [1.29, 1.82) is 0 Å². The summed E-state index contributed by atoms with van der Waals surface area (Å²) in [5.74, 6) is -0.610. The van der Waals surface area contributed by atoms with Crippen LogP contribution in [0, 0.1) is 11.6 Å². The molecule has 2 saturated heterocycles. The van der Waals surface area contributed by atoms with Crippen molar-refractivity contribution in [3.8, 4) is 0 Å². The van der Waals surface area contributed by atoms with Crippen LogP contribution in [-0.4, -0.2) is 42.6 Å². The summed E-state index contributed by atoms with van der Waals surface area (Å²) in [6, 6.07) is 4.56. The van der Waals surface area contributed by atoms with Crippen molar-refractivity contribution in [2.75, 3.05) is 24.7 Å². The third-order valence-electron chi connectivity index (χ3n) is 5.29. The van der Waals surface area contributed by atoms with Crippen LogP contribution >= 0.6 is 0 Å². The van der Waals surface area contributed by atoms with Gasteiger partial charge in [0.1, 0.15) is 17.5 Å². The minimum absolute atomic E-state index is 0.240. The summed E-state index contributed by atoms with van der Waals surface area (Å²) in [7, 11) is -3.69. The van der Waals surface area contributed by atoms with Gasteiger partial charge in [-0.25, -0.2) is 17.2 Å². The largest absolute Gasteiger partial charge is 0.381 e. The molecule has 3 heterocycles. The molecule has 0 aliphatic carbocycles. The van der Waals surface area contributed by atoms with E-state index in [1.807, 2.05) is 4.90 Å². The van der Waals surface area contributed by atoms with Gasteiger partial charge in [-0.05, 0) is 43.9 Å². The molecule has 0 bridgehead atoms. The van der Waals surface area contributed by atoms with E-state index in [-0.39, 0.29) is 5.56 Å². The van der Waals surface area contributed by atoms with Crippen molar-refractivity contribution >= 4 is 15.8 Å². The summed E-state index contributed by atoms with van der Waals surface area (Å²) in [4.78, 5) is 1.81. The van der Waals surface area contributed by atoms with E-state index < -0.39 is 32.9 Å². The maximum atomic E-state index is 14.3. The number of anilines is 1. The highest BCUT2D eigenvalue weighted by atomic mass is 32.2. The lowest BCUT2D eigenvalue weighted by Gasteiger charge is -2.29. The van der Waals surface area contributed by atoms with E-state index in [9.17, 15) is 17.2 Å². The van der Waals surface area contributed by atoms with Crippen molar-refractivity contribution in [1.82, 2.24) is 9.19 Å². The molecule has 146 valence electrons. The Kier molecular flexibility index (Phi) is 4.90. The number of hydrogen-bond acceptors (Lipinski definition) is 5. The molecule has 2 aromatic rings. The first kappa shape index (κ1) is 18.4. The second-order valence-electron chi connectivity index (χ2n) is 6.91. The van der Waals surface area contributed by atoms with Gasteiger partial charge in [0.05, 0.1) is 17.5 Å². The molecule has 0 radical (unpaired) electrons.